The Balaban J connectivity index is 1.98. The number of carbonyl (C=O) groups is 1. The summed E-state index contributed by atoms with van der Waals surface area (Å²) < 4.78 is 13.6. The Morgan fingerprint density at radius 3 is 2.45 bits per heavy atom. The lowest BCUT2D eigenvalue weighted by Crippen LogP contribution is -2.22. The van der Waals surface area contributed by atoms with Crippen molar-refractivity contribution >= 4 is 17.3 Å². The predicted molar refractivity (Wildman–Crippen MR) is 79.4 cm³/mol. The van der Waals surface area contributed by atoms with Crippen LogP contribution in [0.25, 0.3) is 0 Å². The van der Waals surface area contributed by atoms with Crippen molar-refractivity contribution in [3.05, 3.63) is 59.4 Å². The molecule has 0 bridgehead atoms. The van der Waals surface area contributed by atoms with Gasteiger partial charge in [-0.15, -0.1) is 0 Å². The average molecular weight is 272 g/mol. The topological polar surface area (TPSA) is 41.1 Å². The van der Waals surface area contributed by atoms with Gasteiger partial charge >= 0.3 is 0 Å². The third kappa shape index (κ3) is 3.35. The molecule has 2 rings (SSSR count). The first-order valence-corrected chi connectivity index (χ1v) is 6.42. The van der Waals surface area contributed by atoms with Crippen LogP contribution in [0, 0.1) is 19.7 Å². The molecule has 0 atom stereocenters. The van der Waals surface area contributed by atoms with Crippen molar-refractivity contribution in [2.45, 2.75) is 13.8 Å². The van der Waals surface area contributed by atoms with Gasteiger partial charge in [0, 0.05) is 5.69 Å². The van der Waals surface area contributed by atoms with E-state index in [0.29, 0.717) is 5.69 Å². The van der Waals surface area contributed by atoms with Crippen LogP contribution in [0.2, 0.25) is 0 Å². The highest BCUT2D eigenvalue weighted by Crippen LogP contribution is 2.18. The summed E-state index contributed by atoms with van der Waals surface area (Å²) in [6.07, 6.45) is 0. The maximum Gasteiger partial charge on any atom is 0.243 e. The second-order valence-electron chi connectivity index (χ2n) is 4.65. The molecule has 0 aromatic heterocycles. The van der Waals surface area contributed by atoms with Crippen LogP contribution in [0.15, 0.2) is 42.5 Å². The van der Waals surface area contributed by atoms with E-state index in [9.17, 15) is 9.18 Å². The van der Waals surface area contributed by atoms with Crippen molar-refractivity contribution in [1.82, 2.24) is 0 Å². The number of amides is 1. The lowest BCUT2D eigenvalue weighted by Gasteiger charge is -2.11. The maximum atomic E-state index is 13.6. The fourth-order valence-corrected chi connectivity index (χ4v) is 1.93. The molecule has 0 fully saturated rings. The number of para-hydroxylation sites is 2. The molecule has 3 nitrogen and oxygen atoms in total. The maximum absolute atomic E-state index is 13.6. The monoisotopic (exact) mass is 272 g/mol. The van der Waals surface area contributed by atoms with E-state index in [4.69, 9.17) is 0 Å². The standard InChI is InChI=1S/C16H17FN2O/c1-11-6-3-4-9-14(11)19-15(20)10-18-16-12(2)7-5-8-13(16)17/h3-9,18H,10H2,1-2H3,(H,19,20). The second-order valence-corrected chi connectivity index (χ2v) is 4.65. The molecule has 1 amide bonds. The van der Waals surface area contributed by atoms with E-state index in [1.54, 1.807) is 19.1 Å². The van der Waals surface area contributed by atoms with Gasteiger partial charge < -0.3 is 10.6 Å². The smallest absolute Gasteiger partial charge is 0.243 e. The minimum Gasteiger partial charge on any atom is -0.374 e. The number of hydrogen-bond donors (Lipinski definition) is 2. The molecule has 0 spiro atoms. The van der Waals surface area contributed by atoms with Crippen LogP contribution >= 0.6 is 0 Å². The first-order valence-electron chi connectivity index (χ1n) is 6.42. The number of halogens is 1. The Kier molecular flexibility index (Phi) is 4.35. The zero-order valence-corrected chi connectivity index (χ0v) is 11.5. The van der Waals surface area contributed by atoms with Gasteiger partial charge in [0.25, 0.3) is 0 Å². The number of hydrogen-bond acceptors (Lipinski definition) is 2. The minimum absolute atomic E-state index is 0.0239. The fraction of sp³-hybridized carbons (Fsp3) is 0.188. The fourth-order valence-electron chi connectivity index (χ4n) is 1.93. The molecule has 4 heteroatoms. The van der Waals surface area contributed by atoms with Gasteiger partial charge in [-0.2, -0.15) is 0 Å². The lowest BCUT2D eigenvalue weighted by molar-refractivity contribution is -0.114. The van der Waals surface area contributed by atoms with Crippen molar-refractivity contribution in [3.8, 4) is 0 Å². The summed E-state index contributed by atoms with van der Waals surface area (Å²) in [5.74, 6) is -0.560. The normalized spacial score (nSPS) is 10.2. The van der Waals surface area contributed by atoms with Crippen LogP contribution < -0.4 is 10.6 Å². The Hall–Kier alpha value is -2.36. The number of nitrogens with one attached hydrogen (secondary N) is 2. The minimum atomic E-state index is -0.353. The predicted octanol–water partition coefficient (Wildman–Crippen LogP) is 3.49. The first-order chi connectivity index (χ1) is 9.58. The van der Waals surface area contributed by atoms with Gasteiger partial charge in [-0.05, 0) is 37.1 Å². The van der Waals surface area contributed by atoms with E-state index in [1.807, 2.05) is 31.2 Å². The van der Waals surface area contributed by atoms with E-state index in [-0.39, 0.29) is 18.3 Å². The van der Waals surface area contributed by atoms with Gasteiger partial charge in [0.05, 0.1) is 12.2 Å². The number of aryl methyl sites for hydroxylation is 2. The highest BCUT2D eigenvalue weighted by atomic mass is 19.1. The molecule has 0 unspecified atom stereocenters. The molecule has 2 aromatic carbocycles. The second kappa shape index (κ2) is 6.19. The summed E-state index contributed by atoms with van der Waals surface area (Å²) in [6, 6.07) is 12.3. The molecule has 104 valence electrons. The molecular formula is C16H17FN2O. The summed E-state index contributed by atoms with van der Waals surface area (Å²) in [5, 5.41) is 5.63. The van der Waals surface area contributed by atoms with E-state index < -0.39 is 0 Å². The average Bonchev–Trinajstić information content (AvgIpc) is 2.41. The van der Waals surface area contributed by atoms with Gasteiger partial charge in [0.1, 0.15) is 5.82 Å². The Morgan fingerprint density at radius 1 is 1.05 bits per heavy atom. The zero-order chi connectivity index (χ0) is 14.5. The first kappa shape index (κ1) is 14.1. The summed E-state index contributed by atoms with van der Waals surface area (Å²) in [4.78, 5) is 11.9. The number of rotatable bonds is 4. The van der Waals surface area contributed by atoms with Gasteiger partial charge in [-0.1, -0.05) is 30.3 Å². The van der Waals surface area contributed by atoms with Gasteiger partial charge in [0.15, 0.2) is 0 Å². The van der Waals surface area contributed by atoms with E-state index >= 15 is 0 Å². The third-order valence-electron chi connectivity index (χ3n) is 3.07. The molecule has 0 aliphatic carbocycles. The van der Waals surface area contributed by atoms with E-state index in [0.717, 1.165) is 16.8 Å². The Bertz CT molecular complexity index is 605. The molecule has 0 saturated heterocycles. The molecule has 0 heterocycles. The summed E-state index contributed by atoms with van der Waals surface area (Å²) in [7, 11) is 0. The van der Waals surface area contributed by atoms with Crippen molar-refractivity contribution < 1.29 is 9.18 Å². The highest BCUT2D eigenvalue weighted by Gasteiger charge is 2.08. The van der Waals surface area contributed by atoms with Crippen molar-refractivity contribution in [3.63, 3.8) is 0 Å². The molecule has 0 aliphatic heterocycles. The highest BCUT2D eigenvalue weighted by molar-refractivity contribution is 5.94. The van der Waals surface area contributed by atoms with Crippen molar-refractivity contribution in [2.24, 2.45) is 0 Å². The zero-order valence-electron chi connectivity index (χ0n) is 11.5. The molecule has 0 aliphatic rings. The molecular weight excluding hydrogens is 255 g/mol. The molecule has 2 aromatic rings. The van der Waals surface area contributed by atoms with Gasteiger partial charge in [-0.25, -0.2) is 4.39 Å². The number of anilines is 2. The largest absolute Gasteiger partial charge is 0.374 e. The molecule has 0 radical (unpaired) electrons. The Morgan fingerprint density at radius 2 is 1.75 bits per heavy atom. The van der Waals surface area contributed by atoms with Gasteiger partial charge in [-0.3, -0.25) is 4.79 Å². The van der Waals surface area contributed by atoms with E-state index in [1.165, 1.54) is 6.07 Å². The van der Waals surface area contributed by atoms with Gasteiger partial charge in [0.2, 0.25) is 5.91 Å². The molecule has 0 saturated carbocycles. The summed E-state index contributed by atoms with van der Waals surface area (Å²) >= 11 is 0. The van der Waals surface area contributed by atoms with Crippen LogP contribution in [0.3, 0.4) is 0 Å². The van der Waals surface area contributed by atoms with Crippen LogP contribution in [0.5, 0.6) is 0 Å². The van der Waals surface area contributed by atoms with Crippen LogP contribution in [0.1, 0.15) is 11.1 Å². The summed E-state index contributed by atoms with van der Waals surface area (Å²) in [6.45, 7) is 3.74. The number of benzene rings is 2. The molecule has 20 heavy (non-hydrogen) atoms. The Labute approximate surface area is 117 Å². The van der Waals surface area contributed by atoms with Crippen LogP contribution in [-0.4, -0.2) is 12.5 Å². The quantitative estimate of drug-likeness (QED) is 0.894. The number of carbonyl (C=O) groups excluding carboxylic acids is 1. The SMILES string of the molecule is Cc1ccccc1NC(=O)CNc1c(C)cccc1F. The molecule has 2 N–H and O–H groups in total. The third-order valence-corrected chi connectivity index (χ3v) is 3.07. The lowest BCUT2D eigenvalue weighted by atomic mass is 10.2. The van der Waals surface area contributed by atoms with Crippen molar-refractivity contribution in [2.75, 3.05) is 17.2 Å². The summed E-state index contributed by atoms with van der Waals surface area (Å²) in [5.41, 5.74) is 2.90. The van der Waals surface area contributed by atoms with E-state index in [2.05, 4.69) is 10.6 Å². The van der Waals surface area contributed by atoms with Crippen LogP contribution in [0.4, 0.5) is 15.8 Å². The van der Waals surface area contributed by atoms with Crippen molar-refractivity contribution in [1.29, 1.82) is 0 Å². The van der Waals surface area contributed by atoms with Crippen LogP contribution in [-0.2, 0) is 4.79 Å².